The van der Waals surface area contributed by atoms with Crippen LogP contribution in [0.4, 0.5) is 0 Å². The highest BCUT2D eigenvalue weighted by atomic mass is 16.4. The lowest BCUT2D eigenvalue weighted by atomic mass is 9.81. The van der Waals surface area contributed by atoms with Gasteiger partial charge in [0, 0.05) is 44.3 Å². The fraction of sp³-hybridized carbons (Fsp3) is 0.435. The van der Waals surface area contributed by atoms with Gasteiger partial charge >= 0.3 is 5.97 Å². The highest BCUT2D eigenvalue weighted by molar-refractivity contribution is 5.93. The Morgan fingerprint density at radius 1 is 1.10 bits per heavy atom. The van der Waals surface area contributed by atoms with Crippen LogP contribution in [0, 0.1) is 18.3 Å². The molecule has 1 aromatic carbocycles. The maximum Gasteiger partial charge on any atom is 0.313 e. The number of amides is 1. The standard InChI is InChI=1S/C23H27N3O3/c1-3-17-8-4-5-9-18(17)11-25-12-19-13-26(15-23(19,14-25)22(28)29)21(27)20-10-6-7-16(2)24-20/h4-10,19H,3,11-15H2,1-2H3,(H,28,29)/t19-,23-/m0/s1. The molecule has 0 radical (unpaired) electrons. The number of carbonyl (C=O) groups is 2. The largest absolute Gasteiger partial charge is 0.481 e. The van der Waals surface area contributed by atoms with E-state index in [0.29, 0.717) is 25.3 Å². The Morgan fingerprint density at radius 2 is 1.86 bits per heavy atom. The molecule has 6 heteroatoms. The number of aliphatic carboxylic acids is 1. The van der Waals surface area contributed by atoms with Crippen molar-refractivity contribution in [1.82, 2.24) is 14.8 Å². The summed E-state index contributed by atoms with van der Waals surface area (Å²) in [5, 5.41) is 10.1. The highest BCUT2D eigenvalue weighted by Gasteiger charge is 2.58. The molecule has 29 heavy (non-hydrogen) atoms. The van der Waals surface area contributed by atoms with Crippen molar-refractivity contribution in [2.24, 2.45) is 11.3 Å². The molecule has 0 unspecified atom stereocenters. The molecule has 4 rings (SSSR count). The Labute approximate surface area is 171 Å². The summed E-state index contributed by atoms with van der Waals surface area (Å²) in [7, 11) is 0. The van der Waals surface area contributed by atoms with Crippen LogP contribution in [0.5, 0.6) is 0 Å². The van der Waals surface area contributed by atoms with Crippen molar-refractivity contribution in [3.8, 4) is 0 Å². The van der Waals surface area contributed by atoms with E-state index in [0.717, 1.165) is 18.7 Å². The summed E-state index contributed by atoms with van der Waals surface area (Å²) in [6.07, 6.45) is 0.962. The maximum absolute atomic E-state index is 12.9. The lowest BCUT2D eigenvalue weighted by Crippen LogP contribution is -2.42. The molecule has 1 N–H and O–H groups in total. The number of likely N-dealkylation sites (tertiary alicyclic amines) is 2. The molecule has 6 nitrogen and oxygen atoms in total. The number of benzene rings is 1. The van der Waals surface area contributed by atoms with Crippen LogP contribution >= 0.6 is 0 Å². The summed E-state index contributed by atoms with van der Waals surface area (Å²) in [6.45, 7) is 6.60. The van der Waals surface area contributed by atoms with Crippen LogP contribution in [0.1, 0.15) is 34.2 Å². The van der Waals surface area contributed by atoms with Gasteiger partial charge in [-0.25, -0.2) is 4.98 Å². The van der Waals surface area contributed by atoms with E-state index in [9.17, 15) is 14.7 Å². The Hall–Kier alpha value is -2.73. The van der Waals surface area contributed by atoms with Crippen LogP contribution in [-0.4, -0.2) is 57.9 Å². The molecule has 2 saturated heterocycles. The van der Waals surface area contributed by atoms with Crippen LogP contribution in [-0.2, 0) is 17.8 Å². The summed E-state index contributed by atoms with van der Waals surface area (Å²) in [4.78, 5) is 33.4. The molecule has 3 heterocycles. The van der Waals surface area contributed by atoms with Crippen LogP contribution in [0.3, 0.4) is 0 Å². The van der Waals surface area contributed by atoms with Crippen molar-refractivity contribution in [2.75, 3.05) is 26.2 Å². The van der Waals surface area contributed by atoms with Crippen LogP contribution in [0.2, 0.25) is 0 Å². The average Bonchev–Trinajstić information content (AvgIpc) is 3.23. The number of rotatable bonds is 5. The van der Waals surface area contributed by atoms with Gasteiger partial charge in [-0.05, 0) is 36.6 Å². The molecule has 2 aliphatic heterocycles. The van der Waals surface area contributed by atoms with Crippen molar-refractivity contribution in [3.63, 3.8) is 0 Å². The summed E-state index contributed by atoms with van der Waals surface area (Å²) in [6, 6.07) is 13.7. The summed E-state index contributed by atoms with van der Waals surface area (Å²) in [5.41, 5.74) is 2.83. The van der Waals surface area contributed by atoms with Gasteiger partial charge in [0.1, 0.15) is 11.1 Å². The zero-order valence-corrected chi connectivity index (χ0v) is 17.0. The van der Waals surface area contributed by atoms with Crippen molar-refractivity contribution < 1.29 is 14.7 Å². The third-order valence-corrected chi connectivity index (χ3v) is 6.39. The first-order valence-electron chi connectivity index (χ1n) is 10.2. The van der Waals surface area contributed by atoms with E-state index in [1.54, 1.807) is 11.0 Å². The predicted molar refractivity (Wildman–Crippen MR) is 110 cm³/mol. The number of carboxylic acid groups (broad SMARTS) is 1. The van der Waals surface area contributed by atoms with Crippen molar-refractivity contribution in [3.05, 3.63) is 65.0 Å². The Bertz CT molecular complexity index is 944. The van der Waals surface area contributed by atoms with Gasteiger partial charge in [-0.2, -0.15) is 0 Å². The highest BCUT2D eigenvalue weighted by Crippen LogP contribution is 2.43. The minimum Gasteiger partial charge on any atom is -0.481 e. The molecule has 0 aliphatic carbocycles. The first-order chi connectivity index (χ1) is 13.9. The van der Waals surface area contributed by atoms with Crippen LogP contribution in [0.25, 0.3) is 0 Å². The Morgan fingerprint density at radius 3 is 2.52 bits per heavy atom. The molecule has 1 aromatic heterocycles. The van der Waals surface area contributed by atoms with Gasteiger partial charge in [-0.1, -0.05) is 37.3 Å². The van der Waals surface area contributed by atoms with Crippen molar-refractivity contribution >= 4 is 11.9 Å². The molecular weight excluding hydrogens is 366 g/mol. The topological polar surface area (TPSA) is 73.7 Å². The Balaban J connectivity index is 1.51. The molecular formula is C23H27N3O3. The molecule has 2 fully saturated rings. The van der Waals surface area contributed by atoms with E-state index in [4.69, 9.17) is 0 Å². The number of aryl methyl sites for hydroxylation is 2. The second kappa shape index (κ2) is 7.59. The maximum atomic E-state index is 12.9. The van der Waals surface area contributed by atoms with Gasteiger partial charge in [-0.15, -0.1) is 0 Å². The van der Waals surface area contributed by atoms with Gasteiger partial charge < -0.3 is 10.0 Å². The Kier molecular flexibility index (Phi) is 5.13. The first-order valence-corrected chi connectivity index (χ1v) is 10.2. The lowest BCUT2D eigenvalue weighted by molar-refractivity contribution is -0.148. The minimum atomic E-state index is -0.902. The summed E-state index contributed by atoms with van der Waals surface area (Å²) < 4.78 is 0. The lowest BCUT2D eigenvalue weighted by Gasteiger charge is -2.26. The number of nitrogens with zero attached hydrogens (tertiary/aromatic N) is 3. The number of hydrogen-bond acceptors (Lipinski definition) is 4. The third kappa shape index (κ3) is 3.53. The molecule has 2 aromatic rings. The monoisotopic (exact) mass is 393 g/mol. The predicted octanol–water partition coefficient (Wildman–Crippen LogP) is 2.61. The minimum absolute atomic E-state index is 0.0671. The van der Waals surface area contributed by atoms with E-state index >= 15 is 0 Å². The van der Waals surface area contributed by atoms with Gasteiger partial charge in [-0.3, -0.25) is 14.5 Å². The molecule has 0 saturated carbocycles. The van der Waals surface area contributed by atoms with Gasteiger partial charge in [0.15, 0.2) is 0 Å². The number of carbonyl (C=O) groups excluding carboxylic acids is 1. The summed E-state index contributed by atoms with van der Waals surface area (Å²) >= 11 is 0. The van der Waals surface area contributed by atoms with E-state index in [1.807, 2.05) is 31.2 Å². The molecule has 1 amide bonds. The zero-order valence-electron chi connectivity index (χ0n) is 17.0. The molecule has 2 atom stereocenters. The first kappa shape index (κ1) is 19.6. The summed E-state index contributed by atoms with van der Waals surface area (Å²) in [5.74, 6) is -1.05. The quantitative estimate of drug-likeness (QED) is 0.845. The van der Waals surface area contributed by atoms with Crippen molar-refractivity contribution in [2.45, 2.75) is 26.8 Å². The number of fused-ring (bicyclic) bond motifs is 1. The fourth-order valence-electron chi connectivity index (χ4n) is 4.87. The van der Waals surface area contributed by atoms with Crippen molar-refractivity contribution in [1.29, 1.82) is 0 Å². The van der Waals surface area contributed by atoms with E-state index in [1.165, 1.54) is 11.1 Å². The van der Waals surface area contributed by atoms with E-state index < -0.39 is 11.4 Å². The molecule has 152 valence electrons. The number of pyridine rings is 1. The molecule has 0 spiro atoms. The normalized spacial score (nSPS) is 23.9. The zero-order chi connectivity index (χ0) is 20.6. The second-order valence-corrected chi connectivity index (χ2v) is 8.30. The second-order valence-electron chi connectivity index (χ2n) is 8.30. The number of carboxylic acids is 1. The van der Waals surface area contributed by atoms with Crippen LogP contribution < -0.4 is 0 Å². The molecule has 2 aliphatic rings. The number of aromatic nitrogens is 1. The van der Waals surface area contributed by atoms with Gasteiger partial charge in [0.05, 0.1) is 0 Å². The van der Waals surface area contributed by atoms with E-state index in [-0.39, 0.29) is 18.4 Å². The fourth-order valence-corrected chi connectivity index (χ4v) is 4.87. The van der Waals surface area contributed by atoms with Gasteiger partial charge in [0.2, 0.25) is 0 Å². The van der Waals surface area contributed by atoms with Gasteiger partial charge in [0.25, 0.3) is 5.91 Å². The van der Waals surface area contributed by atoms with Crippen LogP contribution in [0.15, 0.2) is 42.5 Å². The third-order valence-electron chi connectivity index (χ3n) is 6.39. The number of hydrogen-bond donors (Lipinski definition) is 1. The smallest absolute Gasteiger partial charge is 0.313 e. The average molecular weight is 393 g/mol. The SMILES string of the molecule is CCc1ccccc1CN1C[C@H]2CN(C(=O)c3cccc(C)n3)C[C@@]2(C(=O)O)C1. The molecule has 0 bridgehead atoms. The van der Waals surface area contributed by atoms with E-state index in [2.05, 4.69) is 28.9 Å².